The molecule has 0 bridgehead atoms. The number of piperidine rings is 1. The number of rotatable bonds is 6. The molecule has 0 unspecified atom stereocenters. The number of hydrogen-bond donors (Lipinski definition) is 1. The average Bonchev–Trinajstić information content (AvgIpc) is 3.01. The van der Waals surface area contributed by atoms with Gasteiger partial charge in [0.1, 0.15) is 0 Å². The Morgan fingerprint density at radius 1 is 1.10 bits per heavy atom. The highest BCUT2D eigenvalue weighted by Gasteiger charge is 2.24. The highest BCUT2D eigenvalue weighted by molar-refractivity contribution is 5.99. The van der Waals surface area contributed by atoms with E-state index in [0.717, 1.165) is 35.5 Å². The van der Waals surface area contributed by atoms with Crippen LogP contribution in [-0.4, -0.2) is 53.6 Å². The predicted molar refractivity (Wildman–Crippen MR) is 114 cm³/mol. The van der Waals surface area contributed by atoms with Crippen LogP contribution in [0.5, 0.6) is 0 Å². The number of nitrogens with one attached hydrogen (secondary N) is 1. The van der Waals surface area contributed by atoms with Gasteiger partial charge in [0.25, 0.3) is 0 Å². The van der Waals surface area contributed by atoms with Gasteiger partial charge in [0.2, 0.25) is 0 Å². The van der Waals surface area contributed by atoms with Gasteiger partial charge in [-0.3, -0.25) is 4.79 Å². The summed E-state index contributed by atoms with van der Waals surface area (Å²) in [5.74, 6) is 0.101. The first-order valence-corrected chi connectivity index (χ1v) is 10.3. The number of Topliss-reactive ketones (excluding diaryl/α,β-unsaturated/α-hetero) is 1. The Morgan fingerprint density at radius 2 is 1.76 bits per heavy atom. The van der Waals surface area contributed by atoms with Crippen LogP contribution in [0, 0.1) is 20.8 Å². The quantitative estimate of drug-likeness (QED) is 0.753. The number of amides is 1. The lowest BCUT2D eigenvalue weighted by atomic mass is 10.0. The van der Waals surface area contributed by atoms with Gasteiger partial charge in [-0.05, 0) is 58.7 Å². The molecule has 6 heteroatoms. The van der Waals surface area contributed by atoms with Crippen LogP contribution in [0.3, 0.4) is 0 Å². The average molecular weight is 398 g/mol. The zero-order valence-corrected chi connectivity index (χ0v) is 17.8. The Balaban J connectivity index is 1.59. The van der Waals surface area contributed by atoms with Crippen molar-refractivity contribution in [3.05, 3.63) is 52.8 Å². The molecule has 0 radical (unpaired) electrons. The number of ether oxygens (including phenoxy) is 1. The second-order valence-electron chi connectivity index (χ2n) is 7.72. The van der Waals surface area contributed by atoms with Gasteiger partial charge in [0.15, 0.2) is 5.78 Å². The van der Waals surface area contributed by atoms with Crippen LogP contribution < -0.4 is 5.32 Å². The number of nitrogens with zero attached hydrogens (tertiary/aromatic N) is 2. The van der Waals surface area contributed by atoms with Crippen molar-refractivity contribution >= 4 is 11.9 Å². The van der Waals surface area contributed by atoms with Gasteiger partial charge in [-0.1, -0.05) is 17.7 Å². The molecular weight excluding hydrogens is 366 g/mol. The van der Waals surface area contributed by atoms with E-state index in [4.69, 9.17) is 4.74 Å². The van der Waals surface area contributed by atoms with Crippen LogP contribution in [0.4, 0.5) is 4.79 Å². The van der Waals surface area contributed by atoms with Crippen LogP contribution in [0.25, 0.3) is 5.69 Å². The minimum Gasteiger partial charge on any atom is -0.450 e. The molecule has 1 aromatic heterocycles. The summed E-state index contributed by atoms with van der Waals surface area (Å²) in [6.45, 7) is 9.93. The van der Waals surface area contributed by atoms with Crippen LogP contribution in [0.1, 0.15) is 47.1 Å². The summed E-state index contributed by atoms with van der Waals surface area (Å²) in [7, 11) is 0. The molecule has 1 aliphatic rings. The third-order valence-corrected chi connectivity index (χ3v) is 5.60. The fraction of sp³-hybridized carbons (Fsp3) is 0.478. The molecule has 1 amide bonds. The lowest BCUT2D eigenvalue weighted by molar-refractivity contribution is 0.0913. The monoisotopic (exact) mass is 397 g/mol. The number of carbonyl (C=O) groups is 2. The molecule has 156 valence electrons. The van der Waals surface area contributed by atoms with Crippen LogP contribution in [0.15, 0.2) is 30.3 Å². The fourth-order valence-electron chi connectivity index (χ4n) is 3.95. The second kappa shape index (κ2) is 9.27. The first-order valence-electron chi connectivity index (χ1n) is 10.3. The van der Waals surface area contributed by atoms with Gasteiger partial charge in [-0.15, -0.1) is 0 Å². The normalized spacial score (nSPS) is 14.8. The maximum Gasteiger partial charge on any atom is 0.409 e. The third-order valence-electron chi connectivity index (χ3n) is 5.60. The molecule has 1 aliphatic heterocycles. The van der Waals surface area contributed by atoms with E-state index in [-0.39, 0.29) is 17.9 Å². The van der Waals surface area contributed by atoms with E-state index in [2.05, 4.69) is 41.1 Å². The number of benzene rings is 1. The van der Waals surface area contributed by atoms with Crippen molar-refractivity contribution in [1.29, 1.82) is 0 Å². The number of ketones is 1. The molecule has 0 spiro atoms. The molecule has 3 rings (SSSR count). The molecule has 0 aliphatic carbocycles. The summed E-state index contributed by atoms with van der Waals surface area (Å²) in [4.78, 5) is 26.4. The molecule has 2 aromatic rings. The molecular formula is C23H31N3O3. The second-order valence-corrected chi connectivity index (χ2v) is 7.72. The van der Waals surface area contributed by atoms with Crippen LogP contribution in [-0.2, 0) is 4.74 Å². The molecule has 1 N–H and O–H groups in total. The molecule has 1 fully saturated rings. The number of hydrogen-bond acceptors (Lipinski definition) is 4. The largest absolute Gasteiger partial charge is 0.450 e. The summed E-state index contributed by atoms with van der Waals surface area (Å²) in [6, 6.07) is 10.5. The van der Waals surface area contributed by atoms with Crippen molar-refractivity contribution in [3.63, 3.8) is 0 Å². The van der Waals surface area contributed by atoms with Crippen LogP contribution in [0.2, 0.25) is 0 Å². The minimum absolute atomic E-state index is 0.101. The lowest BCUT2D eigenvalue weighted by Crippen LogP contribution is -2.46. The molecule has 0 saturated carbocycles. The van der Waals surface area contributed by atoms with Crippen molar-refractivity contribution in [1.82, 2.24) is 14.8 Å². The molecule has 2 heterocycles. The predicted octanol–water partition coefficient (Wildman–Crippen LogP) is 3.80. The van der Waals surface area contributed by atoms with Gasteiger partial charge >= 0.3 is 6.09 Å². The van der Waals surface area contributed by atoms with E-state index >= 15 is 0 Å². The van der Waals surface area contributed by atoms with E-state index in [1.807, 2.05) is 26.8 Å². The smallest absolute Gasteiger partial charge is 0.409 e. The molecule has 1 aromatic carbocycles. The number of carbonyl (C=O) groups excluding carboxylic acids is 2. The Hall–Kier alpha value is -2.60. The van der Waals surface area contributed by atoms with E-state index in [9.17, 15) is 9.59 Å². The molecule has 1 saturated heterocycles. The van der Waals surface area contributed by atoms with Crippen molar-refractivity contribution in [2.75, 3.05) is 26.2 Å². The number of aromatic nitrogens is 1. The summed E-state index contributed by atoms with van der Waals surface area (Å²) in [5, 5.41) is 3.38. The lowest BCUT2D eigenvalue weighted by Gasteiger charge is -2.31. The zero-order valence-electron chi connectivity index (χ0n) is 17.8. The van der Waals surface area contributed by atoms with Crippen molar-refractivity contribution < 1.29 is 14.3 Å². The summed E-state index contributed by atoms with van der Waals surface area (Å²) >= 11 is 0. The first kappa shape index (κ1) is 21.1. The van der Waals surface area contributed by atoms with Crippen molar-refractivity contribution in [2.24, 2.45) is 0 Å². The topological polar surface area (TPSA) is 63.6 Å². The Labute approximate surface area is 172 Å². The van der Waals surface area contributed by atoms with Gasteiger partial charge in [0.05, 0.1) is 13.2 Å². The first-order chi connectivity index (χ1) is 13.9. The SMILES string of the molecule is CCOC(=O)N1CCC(NCC(=O)c2cc(C)n(-c3ccc(C)cc3)c2C)CC1. The highest BCUT2D eigenvalue weighted by Crippen LogP contribution is 2.22. The van der Waals surface area contributed by atoms with E-state index < -0.39 is 0 Å². The Morgan fingerprint density at radius 3 is 2.38 bits per heavy atom. The van der Waals surface area contributed by atoms with Crippen molar-refractivity contribution in [3.8, 4) is 5.69 Å². The number of likely N-dealkylation sites (tertiary alicyclic amines) is 1. The van der Waals surface area contributed by atoms with Gasteiger partial charge in [0, 0.05) is 41.8 Å². The fourth-order valence-corrected chi connectivity index (χ4v) is 3.95. The number of aryl methyl sites for hydroxylation is 2. The minimum atomic E-state index is -0.245. The third kappa shape index (κ3) is 4.88. The van der Waals surface area contributed by atoms with Gasteiger partial charge in [-0.2, -0.15) is 0 Å². The summed E-state index contributed by atoms with van der Waals surface area (Å²) in [6.07, 6.45) is 1.41. The Bertz CT molecular complexity index is 862. The maximum atomic E-state index is 12.9. The van der Waals surface area contributed by atoms with Crippen LogP contribution >= 0.6 is 0 Å². The molecule has 6 nitrogen and oxygen atoms in total. The van der Waals surface area contributed by atoms with Gasteiger partial charge < -0.3 is 19.5 Å². The van der Waals surface area contributed by atoms with E-state index in [1.165, 1.54) is 5.56 Å². The van der Waals surface area contributed by atoms with Crippen molar-refractivity contribution in [2.45, 2.75) is 46.6 Å². The summed E-state index contributed by atoms with van der Waals surface area (Å²) < 4.78 is 7.18. The molecule has 0 atom stereocenters. The zero-order chi connectivity index (χ0) is 21.0. The molecule has 29 heavy (non-hydrogen) atoms. The maximum absolute atomic E-state index is 12.9. The van der Waals surface area contributed by atoms with Gasteiger partial charge in [-0.25, -0.2) is 4.79 Å². The summed E-state index contributed by atoms with van der Waals surface area (Å²) in [5.41, 5.74) is 5.07. The Kier molecular flexibility index (Phi) is 6.75. The van der Waals surface area contributed by atoms with E-state index in [0.29, 0.717) is 26.2 Å². The van der Waals surface area contributed by atoms with E-state index in [1.54, 1.807) is 4.90 Å². The highest BCUT2D eigenvalue weighted by atomic mass is 16.6. The standard InChI is InChI=1S/C23H31N3O3/c1-5-29-23(28)25-12-10-19(11-13-25)24-15-22(27)21-14-17(3)26(18(21)4)20-8-6-16(2)7-9-20/h6-9,14,19,24H,5,10-13,15H2,1-4H3.